The predicted octanol–water partition coefficient (Wildman–Crippen LogP) is 3.11. The number of nitrogens with one attached hydrogen (secondary N) is 1. The zero-order valence-electron chi connectivity index (χ0n) is 9.79. The molecule has 0 saturated carbocycles. The van der Waals surface area contributed by atoms with Crippen LogP contribution in [0.1, 0.15) is 25.8 Å². The normalized spacial score (nSPS) is 29.6. The van der Waals surface area contributed by atoms with E-state index in [4.69, 9.17) is 4.74 Å². The molecule has 0 aliphatic carbocycles. The quantitative estimate of drug-likeness (QED) is 0.921. The van der Waals surface area contributed by atoms with Crippen LogP contribution in [0.25, 0.3) is 0 Å². The van der Waals surface area contributed by atoms with Gasteiger partial charge < -0.3 is 10.1 Å². The van der Waals surface area contributed by atoms with Gasteiger partial charge in [0, 0.05) is 23.2 Å². The van der Waals surface area contributed by atoms with Crippen molar-refractivity contribution in [3.05, 3.63) is 34.3 Å². The van der Waals surface area contributed by atoms with Crippen molar-refractivity contribution in [1.82, 2.24) is 5.32 Å². The molecule has 1 fully saturated rings. The van der Waals surface area contributed by atoms with Crippen molar-refractivity contribution in [3.63, 3.8) is 0 Å². The van der Waals surface area contributed by atoms with Crippen LogP contribution in [0.5, 0.6) is 0 Å². The summed E-state index contributed by atoms with van der Waals surface area (Å²) >= 11 is 3.44. The van der Waals surface area contributed by atoms with Gasteiger partial charge in [0.25, 0.3) is 0 Å². The lowest BCUT2D eigenvalue weighted by Gasteiger charge is -2.29. The number of ether oxygens (including phenoxy) is 1. The zero-order chi connectivity index (χ0) is 11.6. The Morgan fingerprint density at radius 1 is 1.44 bits per heavy atom. The van der Waals surface area contributed by atoms with Crippen LogP contribution in [0.15, 0.2) is 28.7 Å². The van der Waals surface area contributed by atoms with Crippen LogP contribution in [0.2, 0.25) is 0 Å². The molecule has 1 aliphatic rings. The van der Waals surface area contributed by atoms with E-state index in [-0.39, 0.29) is 5.54 Å². The van der Waals surface area contributed by atoms with Gasteiger partial charge in [-0.2, -0.15) is 0 Å². The average molecular weight is 284 g/mol. The van der Waals surface area contributed by atoms with Crippen LogP contribution in [0, 0.1) is 0 Å². The Morgan fingerprint density at radius 3 is 2.69 bits per heavy atom. The molecule has 1 saturated heterocycles. The summed E-state index contributed by atoms with van der Waals surface area (Å²) in [5.74, 6) is 0. The third-order valence-corrected chi connectivity index (χ3v) is 4.02. The minimum Gasteiger partial charge on any atom is -0.377 e. The third kappa shape index (κ3) is 2.65. The maximum Gasteiger partial charge on any atom is 0.0726 e. The molecule has 2 rings (SSSR count). The van der Waals surface area contributed by atoms with Gasteiger partial charge in [0.1, 0.15) is 0 Å². The molecular weight excluding hydrogens is 266 g/mol. The van der Waals surface area contributed by atoms with E-state index in [1.807, 2.05) is 0 Å². The average Bonchev–Trinajstić information content (AvgIpc) is 2.59. The van der Waals surface area contributed by atoms with Gasteiger partial charge in [-0.15, -0.1) is 0 Å². The van der Waals surface area contributed by atoms with Crippen molar-refractivity contribution in [2.45, 2.75) is 38.5 Å². The lowest BCUT2D eigenvalue weighted by atomic mass is 9.94. The van der Waals surface area contributed by atoms with Gasteiger partial charge in [-0.05, 0) is 38.0 Å². The minimum atomic E-state index is 0.118. The van der Waals surface area contributed by atoms with Gasteiger partial charge in [-0.3, -0.25) is 0 Å². The number of hydrogen-bond donors (Lipinski definition) is 1. The summed E-state index contributed by atoms with van der Waals surface area (Å²) in [6, 6.07) is 8.43. The van der Waals surface area contributed by atoms with Crippen LogP contribution >= 0.6 is 15.9 Å². The topological polar surface area (TPSA) is 21.3 Å². The van der Waals surface area contributed by atoms with Crippen molar-refractivity contribution in [1.29, 1.82) is 0 Å². The van der Waals surface area contributed by atoms with E-state index in [0.29, 0.717) is 6.10 Å². The molecule has 0 aromatic heterocycles. The van der Waals surface area contributed by atoms with E-state index in [2.05, 4.69) is 59.4 Å². The molecule has 88 valence electrons. The van der Waals surface area contributed by atoms with Crippen LogP contribution in [-0.2, 0) is 11.3 Å². The smallest absolute Gasteiger partial charge is 0.0726 e. The van der Waals surface area contributed by atoms with E-state index in [0.717, 1.165) is 24.0 Å². The molecule has 0 radical (unpaired) electrons. The van der Waals surface area contributed by atoms with E-state index in [9.17, 15) is 0 Å². The van der Waals surface area contributed by atoms with E-state index >= 15 is 0 Å². The fourth-order valence-electron chi connectivity index (χ4n) is 1.97. The molecule has 0 bridgehead atoms. The number of hydrogen-bond acceptors (Lipinski definition) is 2. The summed E-state index contributed by atoms with van der Waals surface area (Å²) < 4.78 is 6.73. The summed E-state index contributed by atoms with van der Waals surface area (Å²) in [4.78, 5) is 0. The van der Waals surface area contributed by atoms with Crippen LogP contribution in [0.4, 0.5) is 0 Å². The van der Waals surface area contributed by atoms with Gasteiger partial charge in [-0.25, -0.2) is 0 Å². The highest BCUT2D eigenvalue weighted by Gasteiger charge is 2.36. The predicted molar refractivity (Wildman–Crippen MR) is 69.4 cm³/mol. The first-order valence-electron chi connectivity index (χ1n) is 5.71. The van der Waals surface area contributed by atoms with Crippen molar-refractivity contribution < 1.29 is 4.74 Å². The molecule has 0 amide bonds. The number of rotatable bonds is 3. The second kappa shape index (κ2) is 4.86. The zero-order valence-corrected chi connectivity index (χ0v) is 11.4. The fourth-order valence-corrected chi connectivity index (χ4v) is 2.24. The van der Waals surface area contributed by atoms with Crippen molar-refractivity contribution in [2.24, 2.45) is 0 Å². The van der Waals surface area contributed by atoms with E-state index in [1.165, 1.54) is 5.56 Å². The molecule has 1 aromatic carbocycles. The summed E-state index contributed by atoms with van der Waals surface area (Å²) in [5, 5.41) is 3.60. The lowest BCUT2D eigenvalue weighted by Crippen LogP contribution is -2.47. The highest BCUT2D eigenvalue weighted by atomic mass is 79.9. The highest BCUT2D eigenvalue weighted by Crippen LogP contribution is 2.25. The van der Waals surface area contributed by atoms with E-state index < -0.39 is 0 Å². The monoisotopic (exact) mass is 283 g/mol. The van der Waals surface area contributed by atoms with Gasteiger partial charge >= 0.3 is 0 Å². The highest BCUT2D eigenvalue weighted by molar-refractivity contribution is 9.10. The molecule has 3 heteroatoms. The van der Waals surface area contributed by atoms with Gasteiger partial charge in [0.05, 0.1) is 6.10 Å². The Balaban J connectivity index is 1.94. The minimum absolute atomic E-state index is 0.118. The fraction of sp³-hybridized carbons (Fsp3) is 0.538. The lowest BCUT2D eigenvalue weighted by molar-refractivity contribution is 0.0881. The molecule has 0 spiro atoms. The first-order chi connectivity index (χ1) is 7.60. The molecule has 2 unspecified atom stereocenters. The van der Waals surface area contributed by atoms with Crippen LogP contribution < -0.4 is 5.32 Å². The van der Waals surface area contributed by atoms with Gasteiger partial charge in [0.2, 0.25) is 0 Å². The van der Waals surface area contributed by atoms with Crippen molar-refractivity contribution in [2.75, 3.05) is 6.61 Å². The van der Waals surface area contributed by atoms with Crippen LogP contribution in [0.3, 0.4) is 0 Å². The Morgan fingerprint density at radius 2 is 2.12 bits per heavy atom. The molecule has 1 aliphatic heterocycles. The van der Waals surface area contributed by atoms with Gasteiger partial charge in [-0.1, -0.05) is 28.1 Å². The molecule has 1 heterocycles. The Kier molecular flexibility index (Phi) is 3.67. The van der Waals surface area contributed by atoms with Gasteiger partial charge in [0.15, 0.2) is 0 Å². The Hall–Kier alpha value is -0.380. The van der Waals surface area contributed by atoms with Crippen molar-refractivity contribution in [3.8, 4) is 0 Å². The molecule has 16 heavy (non-hydrogen) atoms. The Bertz CT molecular complexity index is 351. The maximum atomic E-state index is 5.61. The SMILES string of the molecule is CC1OCCC1(C)NCc1ccc(Br)cc1. The largest absolute Gasteiger partial charge is 0.377 e. The summed E-state index contributed by atoms with van der Waals surface area (Å²) in [6.07, 6.45) is 1.38. The maximum absolute atomic E-state index is 5.61. The molecule has 1 aromatic rings. The van der Waals surface area contributed by atoms with E-state index in [1.54, 1.807) is 0 Å². The first-order valence-corrected chi connectivity index (χ1v) is 6.50. The summed E-state index contributed by atoms with van der Waals surface area (Å²) in [7, 11) is 0. The Labute approximate surface area is 106 Å². The molecular formula is C13H18BrNO. The number of halogens is 1. The summed E-state index contributed by atoms with van der Waals surface area (Å²) in [5.41, 5.74) is 1.43. The molecule has 2 nitrogen and oxygen atoms in total. The standard InChI is InChI=1S/C13H18BrNO/c1-10-13(2,7-8-16-10)15-9-11-3-5-12(14)6-4-11/h3-6,10,15H,7-9H2,1-2H3. The second-order valence-electron chi connectivity index (χ2n) is 4.66. The first kappa shape index (κ1) is 12.1. The summed E-state index contributed by atoms with van der Waals surface area (Å²) in [6.45, 7) is 6.15. The third-order valence-electron chi connectivity index (χ3n) is 3.50. The molecule has 1 N–H and O–H groups in total. The van der Waals surface area contributed by atoms with Crippen molar-refractivity contribution >= 4 is 15.9 Å². The molecule has 2 atom stereocenters. The van der Waals surface area contributed by atoms with Crippen LogP contribution in [-0.4, -0.2) is 18.2 Å². The second-order valence-corrected chi connectivity index (χ2v) is 5.58. The number of benzene rings is 1.